The molecule has 0 fully saturated rings. The lowest BCUT2D eigenvalue weighted by Gasteiger charge is -2.22. The molecule has 3 aromatic rings. The van der Waals surface area contributed by atoms with Crippen molar-refractivity contribution in [1.29, 1.82) is 0 Å². The number of rotatable bonds is 6. The maximum atomic E-state index is 15.0. The molecule has 1 N–H and O–H groups in total. The van der Waals surface area contributed by atoms with Gasteiger partial charge >= 0.3 is 0 Å². The number of amides is 1. The Morgan fingerprint density at radius 2 is 1.68 bits per heavy atom. The average Bonchev–Trinajstić information content (AvgIpc) is 3.05. The summed E-state index contributed by atoms with van der Waals surface area (Å²) in [7, 11) is -7.45. The molecule has 1 heterocycles. The minimum absolute atomic E-state index is 0.0235. The van der Waals surface area contributed by atoms with Crippen LogP contribution in [0.25, 0.3) is 11.1 Å². The summed E-state index contributed by atoms with van der Waals surface area (Å²) in [6.45, 7) is 2.16. The van der Waals surface area contributed by atoms with Crippen LogP contribution in [0.5, 0.6) is 5.75 Å². The third-order valence-electron chi connectivity index (χ3n) is 6.12. The first-order valence-corrected chi connectivity index (χ1v) is 15.4. The minimum Gasteiger partial charge on any atom is -0.491 e. The van der Waals surface area contributed by atoms with Gasteiger partial charge in [0.05, 0.1) is 18.5 Å². The first-order valence-electron chi connectivity index (χ1n) is 11.6. The van der Waals surface area contributed by atoms with Crippen LogP contribution in [0, 0.1) is 11.6 Å². The molecule has 0 spiro atoms. The molecule has 1 amide bonds. The van der Waals surface area contributed by atoms with E-state index in [0.29, 0.717) is 22.4 Å². The van der Waals surface area contributed by atoms with Crippen LogP contribution in [0.1, 0.15) is 28.4 Å². The van der Waals surface area contributed by atoms with Crippen LogP contribution in [-0.2, 0) is 32.8 Å². The fourth-order valence-electron chi connectivity index (χ4n) is 4.33. The highest BCUT2D eigenvalue weighted by Gasteiger charge is 2.27. The maximum Gasteiger partial charge on any atom is 0.254 e. The van der Waals surface area contributed by atoms with Gasteiger partial charge in [0, 0.05) is 29.5 Å². The molecule has 8 nitrogen and oxygen atoms in total. The number of hydrogen-bond acceptors (Lipinski definition) is 6. The van der Waals surface area contributed by atoms with Gasteiger partial charge in [0.15, 0.2) is 9.84 Å². The van der Waals surface area contributed by atoms with Gasteiger partial charge in [0.1, 0.15) is 28.9 Å². The van der Waals surface area contributed by atoms with Crippen LogP contribution in [0.15, 0.2) is 53.4 Å². The number of ether oxygens (including phenoxy) is 1. The SMILES string of the molecule is CCc1c(C(=O)N2CCOc3ccc(-c4ccc(NS(C)(=O)=O)c(F)c4)cc3C2)ccc(S(C)(=O)=O)c1F. The van der Waals surface area contributed by atoms with Crippen LogP contribution < -0.4 is 9.46 Å². The lowest BCUT2D eigenvalue weighted by molar-refractivity contribution is 0.0731. The second-order valence-corrected chi connectivity index (χ2v) is 12.7. The molecule has 3 aromatic carbocycles. The molecule has 0 aliphatic carbocycles. The molecule has 202 valence electrons. The maximum absolute atomic E-state index is 15.0. The number of sulfone groups is 1. The molecule has 1 aliphatic rings. The molecule has 38 heavy (non-hydrogen) atoms. The number of benzene rings is 3. The van der Waals surface area contributed by atoms with Crippen molar-refractivity contribution in [3.05, 3.63) is 76.9 Å². The second kappa shape index (κ2) is 10.3. The molecule has 0 radical (unpaired) electrons. The van der Waals surface area contributed by atoms with Gasteiger partial charge in [0.2, 0.25) is 10.0 Å². The van der Waals surface area contributed by atoms with Crippen molar-refractivity contribution >= 4 is 31.5 Å². The second-order valence-electron chi connectivity index (χ2n) is 9.00. The summed E-state index contributed by atoms with van der Waals surface area (Å²) in [6, 6.07) is 11.7. The minimum atomic E-state index is -3.81. The van der Waals surface area contributed by atoms with Gasteiger partial charge in [-0.15, -0.1) is 0 Å². The molecule has 4 rings (SSSR count). The van der Waals surface area contributed by atoms with Crippen LogP contribution in [0.2, 0.25) is 0 Å². The van der Waals surface area contributed by atoms with Gasteiger partial charge in [-0.2, -0.15) is 0 Å². The summed E-state index contributed by atoms with van der Waals surface area (Å²) in [4.78, 5) is 14.5. The number of nitrogens with one attached hydrogen (secondary N) is 1. The molecule has 0 saturated heterocycles. The molecule has 0 aromatic heterocycles. The Bertz CT molecular complexity index is 1640. The van der Waals surface area contributed by atoms with E-state index in [1.165, 1.54) is 23.1 Å². The van der Waals surface area contributed by atoms with Crippen LogP contribution >= 0.6 is 0 Å². The average molecular weight is 565 g/mol. The fourth-order valence-corrected chi connectivity index (χ4v) is 5.66. The van der Waals surface area contributed by atoms with Crippen LogP contribution in [0.3, 0.4) is 0 Å². The smallest absolute Gasteiger partial charge is 0.254 e. The van der Waals surface area contributed by atoms with Crippen molar-refractivity contribution in [3.63, 3.8) is 0 Å². The van der Waals surface area contributed by atoms with Crippen LogP contribution in [-0.4, -0.2) is 53.3 Å². The van der Waals surface area contributed by atoms with Crippen molar-refractivity contribution < 1.29 is 35.1 Å². The van der Waals surface area contributed by atoms with Gasteiger partial charge < -0.3 is 9.64 Å². The third-order valence-corrected chi connectivity index (χ3v) is 7.82. The zero-order chi connectivity index (χ0) is 27.8. The fraction of sp³-hybridized carbons (Fsp3) is 0.269. The summed E-state index contributed by atoms with van der Waals surface area (Å²) in [5, 5.41) is 0. The number of nitrogens with zero attached hydrogens (tertiary/aromatic N) is 1. The zero-order valence-electron chi connectivity index (χ0n) is 20.9. The standard InChI is InChI=1S/C26H26F2N2O6S2/c1-4-19-20(7-10-24(25(19)28)37(2,32)33)26(31)30-11-12-36-23-9-6-16(13-18(23)15-30)17-5-8-22(21(27)14-17)29-38(3,34)35/h5-10,13-14,29H,4,11-12,15H2,1-3H3. The summed E-state index contributed by atoms with van der Waals surface area (Å²) < 4.78 is 84.2. The summed E-state index contributed by atoms with van der Waals surface area (Å²) in [6.07, 6.45) is 1.96. The number of carbonyl (C=O) groups excluding carboxylic acids is 1. The number of sulfonamides is 1. The quantitative estimate of drug-likeness (QED) is 0.485. The van der Waals surface area contributed by atoms with E-state index in [9.17, 15) is 26.0 Å². The normalized spacial score (nSPS) is 13.9. The lowest BCUT2D eigenvalue weighted by Crippen LogP contribution is -2.33. The van der Waals surface area contributed by atoms with Crippen LogP contribution in [0.4, 0.5) is 14.5 Å². The number of hydrogen-bond donors (Lipinski definition) is 1. The van der Waals surface area contributed by atoms with Gasteiger partial charge in [0.25, 0.3) is 5.91 Å². The summed E-state index contributed by atoms with van der Waals surface area (Å²) in [5.74, 6) is -1.60. The molecule has 0 unspecified atom stereocenters. The van der Waals surface area contributed by atoms with E-state index in [-0.39, 0.29) is 42.9 Å². The van der Waals surface area contributed by atoms with Crippen molar-refractivity contribution in [1.82, 2.24) is 4.90 Å². The van der Waals surface area contributed by atoms with E-state index in [0.717, 1.165) is 18.6 Å². The number of anilines is 1. The molecule has 0 atom stereocenters. The first kappa shape index (κ1) is 27.5. The van der Waals surface area contributed by atoms with Crippen molar-refractivity contribution in [2.24, 2.45) is 0 Å². The third kappa shape index (κ3) is 5.81. The highest BCUT2D eigenvalue weighted by molar-refractivity contribution is 7.92. The Morgan fingerprint density at radius 1 is 1.00 bits per heavy atom. The zero-order valence-corrected chi connectivity index (χ0v) is 22.5. The number of carbonyl (C=O) groups is 1. The van der Waals surface area contributed by atoms with E-state index < -0.39 is 42.3 Å². The van der Waals surface area contributed by atoms with E-state index in [4.69, 9.17) is 4.74 Å². The first-order chi connectivity index (χ1) is 17.8. The van der Waals surface area contributed by atoms with E-state index in [2.05, 4.69) is 4.72 Å². The molecule has 12 heteroatoms. The summed E-state index contributed by atoms with van der Waals surface area (Å²) in [5.41, 5.74) is 1.66. The molecule has 1 aliphatic heterocycles. The Labute approximate surface area is 220 Å². The Balaban J connectivity index is 1.66. The Hall–Kier alpha value is -3.51. The van der Waals surface area contributed by atoms with Crippen molar-refractivity contribution in [3.8, 4) is 16.9 Å². The van der Waals surface area contributed by atoms with E-state index in [1.54, 1.807) is 31.2 Å². The van der Waals surface area contributed by atoms with Gasteiger partial charge in [-0.25, -0.2) is 25.6 Å². The molecular formula is C26H26F2N2O6S2. The van der Waals surface area contributed by atoms with Crippen molar-refractivity contribution in [2.75, 3.05) is 30.4 Å². The topological polar surface area (TPSA) is 110 Å². The molecule has 0 saturated carbocycles. The van der Waals surface area contributed by atoms with Gasteiger partial charge in [-0.1, -0.05) is 19.1 Å². The van der Waals surface area contributed by atoms with Gasteiger partial charge in [-0.05, 0) is 53.9 Å². The predicted octanol–water partition coefficient (Wildman–Crippen LogP) is 4.00. The predicted molar refractivity (Wildman–Crippen MR) is 139 cm³/mol. The van der Waals surface area contributed by atoms with Crippen molar-refractivity contribution in [2.45, 2.75) is 24.8 Å². The van der Waals surface area contributed by atoms with Gasteiger partial charge in [-0.3, -0.25) is 9.52 Å². The number of fused-ring (bicyclic) bond motifs is 1. The lowest BCUT2D eigenvalue weighted by atomic mass is 10.0. The highest BCUT2D eigenvalue weighted by atomic mass is 32.2. The summed E-state index contributed by atoms with van der Waals surface area (Å²) >= 11 is 0. The monoisotopic (exact) mass is 564 g/mol. The van der Waals surface area contributed by atoms with E-state index in [1.807, 2.05) is 0 Å². The number of halogens is 2. The molecular weight excluding hydrogens is 538 g/mol. The highest BCUT2D eigenvalue weighted by Crippen LogP contribution is 2.32. The Kier molecular flexibility index (Phi) is 7.48. The Morgan fingerprint density at radius 3 is 2.32 bits per heavy atom. The van der Waals surface area contributed by atoms with E-state index >= 15 is 4.39 Å². The molecule has 0 bridgehead atoms. The largest absolute Gasteiger partial charge is 0.491 e.